The monoisotopic (exact) mass is 226 g/mol. The fraction of sp³-hybridized carbons (Fsp3) is 0.667. The number of anilines is 2. The first kappa shape index (κ1) is 12.3. The molecule has 0 aliphatic heterocycles. The number of rotatable bonds is 6. The van der Waals surface area contributed by atoms with E-state index in [0.717, 1.165) is 6.42 Å². The van der Waals surface area contributed by atoms with Crippen LogP contribution in [-0.4, -0.2) is 33.7 Å². The van der Waals surface area contributed by atoms with E-state index in [0.29, 0.717) is 18.9 Å². The molecule has 0 bridgehead atoms. The third-order valence-electron chi connectivity index (χ3n) is 2.16. The Bertz CT molecular complexity index is 336. The van der Waals surface area contributed by atoms with Crippen LogP contribution >= 0.6 is 0 Å². The maximum Gasteiger partial charge on any atom is 0.243 e. The van der Waals surface area contributed by atoms with Gasteiger partial charge in [-0.25, -0.2) is 5.10 Å². The Hall–Kier alpha value is -1.79. The summed E-state index contributed by atoms with van der Waals surface area (Å²) in [5.74, 6) is 0.686. The van der Waals surface area contributed by atoms with Crippen molar-refractivity contribution in [3.8, 4) is 0 Å². The quantitative estimate of drug-likeness (QED) is 0.550. The standard InChI is InChI=1S/C9H18N6O/c1-3-6(2)12-7(16)4-5-11-9-13-8(10)14-15-9/h6H,3-5H2,1-2H3,(H,12,16)(H4,10,11,13,14,15). The van der Waals surface area contributed by atoms with Gasteiger partial charge in [-0.05, 0) is 13.3 Å². The van der Waals surface area contributed by atoms with Crippen LogP contribution in [0.25, 0.3) is 0 Å². The van der Waals surface area contributed by atoms with E-state index in [-0.39, 0.29) is 17.9 Å². The number of nitrogen functional groups attached to an aromatic ring is 1. The van der Waals surface area contributed by atoms with Gasteiger partial charge in [0.1, 0.15) is 0 Å². The SMILES string of the molecule is CCC(C)NC(=O)CCNc1n[nH]c(N)n1. The van der Waals surface area contributed by atoms with Crippen molar-refractivity contribution in [2.75, 3.05) is 17.6 Å². The Kier molecular flexibility index (Phi) is 4.56. The fourth-order valence-corrected chi connectivity index (χ4v) is 1.09. The van der Waals surface area contributed by atoms with E-state index in [1.54, 1.807) is 0 Å². The van der Waals surface area contributed by atoms with Gasteiger partial charge in [-0.1, -0.05) is 6.92 Å². The number of hydrogen-bond donors (Lipinski definition) is 4. The average molecular weight is 226 g/mol. The van der Waals surface area contributed by atoms with E-state index < -0.39 is 0 Å². The highest BCUT2D eigenvalue weighted by molar-refractivity contribution is 5.76. The molecule has 0 spiro atoms. The second-order valence-corrected chi connectivity index (χ2v) is 3.60. The summed E-state index contributed by atoms with van der Waals surface area (Å²) in [7, 11) is 0. The number of carbonyl (C=O) groups is 1. The molecule has 0 fully saturated rings. The van der Waals surface area contributed by atoms with E-state index in [1.807, 2.05) is 13.8 Å². The average Bonchev–Trinajstić information content (AvgIpc) is 2.64. The third-order valence-corrected chi connectivity index (χ3v) is 2.16. The predicted molar refractivity (Wildman–Crippen MR) is 61.8 cm³/mol. The molecule has 0 aliphatic rings. The van der Waals surface area contributed by atoms with Gasteiger partial charge in [-0.3, -0.25) is 4.79 Å². The lowest BCUT2D eigenvalue weighted by Crippen LogP contribution is -2.33. The van der Waals surface area contributed by atoms with E-state index in [1.165, 1.54) is 0 Å². The molecular formula is C9H18N6O. The second kappa shape index (κ2) is 5.94. The number of aromatic amines is 1. The first-order valence-corrected chi connectivity index (χ1v) is 5.33. The number of nitrogens with two attached hydrogens (primary N) is 1. The summed E-state index contributed by atoms with van der Waals surface area (Å²) in [4.78, 5) is 15.2. The maximum absolute atomic E-state index is 11.4. The van der Waals surface area contributed by atoms with Crippen LogP contribution in [0.1, 0.15) is 26.7 Å². The Morgan fingerprint density at radius 3 is 2.94 bits per heavy atom. The Morgan fingerprint density at radius 1 is 1.62 bits per heavy atom. The van der Waals surface area contributed by atoms with Crippen molar-refractivity contribution in [2.45, 2.75) is 32.7 Å². The van der Waals surface area contributed by atoms with Crippen molar-refractivity contribution >= 4 is 17.8 Å². The molecular weight excluding hydrogens is 208 g/mol. The molecule has 1 amide bonds. The lowest BCUT2D eigenvalue weighted by atomic mass is 10.2. The van der Waals surface area contributed by atoms with E-state index in [9.17, 15) is 4.79 Å². The van der Waals surface area contributed by atoms with Gasteiger partial charge in [0, 0.05) is 19.0 Å². The number of aromatic nitrogens is 3. The molecule has 0 radical (unpaired) electrons. The lowest BCUT2D eigenvalue weighted by Gasteiger charge is -2.10. The molecule has 1 rings (SSSR count). The van der Waals surface area contributed by atoms with Gasteiger partial charge < -0.3 is 16.4 Å². The van der Waals surface area contributed by atoms with E-state index >= 15 is 0 Å². The van der Waals surface area contributed by atoms with Crippen LogP contribution in [0, 0.1) is 0 Å². The predicted octanol–water partition coefficient (Wildman–Crippen LogP) is 0.104. The van der Waals surface area contributed by atoms with Crippen LogP contribution < -0.4 is 16.4 Å². The number of hydrogen-bond acceptors (Lipinski definition) is 5. The van der Waals surface area contributed by atoms with E-state index in [2.05, 4.69) is 25.8 Å². The smallest absolute Gasteiger partial charge is 0.243 e. The van der Waals surface area contributed by atoms with Crippen LogP contribution in [0.5, 0.6) is 0 Å². The third kappa shape index (κ3) is 4.16. The Labute approximate surface area is 94.2 Å². The van der Waals surface area contributed by atoms with Gasteiger partial charge in [0.25, 0.3) is 0 Å². The van der Waals surface area contributed by atoms with Gasteiger partial charge in [0.2, 0.25) is 17.8 Å². The minimum atomic E-state index is 0.0188. The zero-order valence-electron chi connectivity index (χ0n) is 9.58. The zero-order chi connectivity index (χ0) is 12.0. The summed E-state index contributed by atoms with van der Waals surface area (Å²) < 4.78 is 0. The fourth-order valence-electron chi connectivity index (χ4n) is 1.09. The molecule has 90 valence electrons. The van der Waals surface area contributed by atoms with Gasteiger partial charge in [0.15, 0.2) is 0 Å². The summed E-state index contributed by atoms with van der Waals surface area (Å²) in [5.41, 5.74) is 5.35. The van der Waals surface area contributed by atoms with Crippen molar-refractivity contribution in [2.24, 2.45) is 0 Å². The minimum Gasteiger partial charge on any atom is -0.368 e. The van der Waals surface area contributed by atoms with Gasteiger partial charge >= 0.3 is 0 Å². The van der Waals surface area contributed by atoms with Crippen LogP contribution in [-0.2, 0) is 4.79 Å². The second-order valence-electron chi connectivity index (χ2n) is 3.60. The van der Waals surface area contributed by atoms with Crippen molar-refractivity contribution < 1.29 is 4.79 Å². The summed E-state index contributed by atoms with van der Waals surface area (Å²) in [6.45, 7) is 4.49. The molecule has 5 N–H and O–H groups in total. The first-order valence-electron chi connectivity index (χ1n) is 5.33. The molecule has 7 heteroatoms. The Balaban J connectivity index is 2.18. The zero-order valence-corrected chi connectivity index (χ0v) is 9.58. The normalized spacial score (nSPS) is 12.1. The number of H-pyrrole nitrogens is 1. The highest BCUT2D eigenvalue weighted by Gasteiger charge is 2.05. The minimum absolute atomic E-state index is 0.0188. The van der Waals surface area contributed by atoms with Crippen LogP contribution in [0.4, 0.5) is 11.9 Å². The number of carbonyl (C=O) groups excluding carboxylic acids is 1. The van der Waals surface area contributed by atoms with Crippen molar-refractivity contribution in [1.29, 1.82) is 0 Å². The van der Waals surface area contributed by atoms with E-state index in [4.69, 9.17) is 5.73 Å². The molecule has 0 saturated carbocycles. The molecule has 1 unspecified atom stereocenters. The molecule has 16 heavy (non-hydrogen) atoms. The molecule has 0 saturated heterocycles. The topological polar surface area (TPSA) is 109 Å². The van der Waals surface area contributed by atoms with Crippen LogP contribution in [0.2, 0.25) is 0 Å². The molecule has 0 aromatic carbocycles. The van der Waals surface area contributed by atoms with Crippen molar-refractivity contribution in [1.82, 2.24) is 20.5 Å². The van der Waals surface area contributed by atoms with Crippen molar-refractivity contribution in [3.63, 3.8) is 0 Å². The summed E-state index contributed by atoms with van der Waals surface area (Å²) in [5, 5.41) is 12.0. The van der Waals surface area contributed by atoms with Crippen LogP contribution in [0.15, 0.2) is 0 Å². The highest BCUT2D eigenvalue weighted by Crippen LogP contribution is 1.98. The molecule has 0 aliphatic carbocycles. The molecule has 1 atom stereocenters. The summed E-state index contributed by atoms with van der Waals surface area (Å²) in [6.07, 6.45) is 1.31. The largest absolute Gasteiger partial charge is 0.368 e. The number of nitrogens with zero attached hydrogens (tertiary/aromatic N) is 2. The highest BCUT2D eigenvalue weighted by atomic mass is 16.1. The lowest BCUT2D eigenvalue weighted by molar-refractivity contribution is -0.121. The van der Waals surface area contributed by atoms with Crippen molar-refractivity contribution in [3.05, 3.63) is 0 Å². The van der Waals surface area contributed by atoms with Gasteiger partial charge in [-0.15, -0.1) is 5.10 Å². The molecule has 1 aromatic rings. The van der Waals surface area contributed by atoms with Gasteiger partial charge in [0.05, 0.1) is 0 Å². The first-order chi connectivity index (χ1) is 7.61. The summed E-state index contributed by atoms with van der Waals surface area (Å²) in [6, 6.07) is 0.214. The number of amides is 1. The molecule has 1 aromatic heterocycles. The van der Waals surface area contributed by atoms with Crippen LogP contribution in [0.3, 0.4) is 0 Å². The maximum atomic E-state index is 11.4. The molecule has 1 heterocycles. The Morgan fingerprint density at radius 2 is 2.38 bits per heavy atom. The van der Waals surface area contributed by atoms with Gasteiger partial charge in [-0.2, -0.15) is 4.98 Å². The summed E-state index contributed by atoms with van der Waals surface area (Å²) >= 11 is 0. The molecule has 7 nitrogen and oxygen atoms in total. The number of nitrogens with one attached hydrogen (secondary N) is 3.